The van der Waals surface area contributed by atoms with Crippen molar-refractivity contribution in [3.63, 3.8) is 0 Å². The van der Waals surface area contributed by atoms with Crippen LogP contribution in [-0.4, -0.2) is 13.2 Å². The van der Waals surface area contributed by atoms with Gasteiger partial charge >= 0.3 is 0 Å². The van der Waals surface area contributed by atoms with Gasteiger partial charge in [-0.1, -0.05) is 0 Å². The standard InChI is InChI=1S/C16H17NO2/c17-10-16(5-6-16)14-12-4-2-7-18-13(12)9-11-3-1-8-19-15(11)14/h9H,1-8H2. The van der Waals surface area contributed by atoms with E-state index >= 15 is 0 Å². The molecule has 1 aromatic rings. The van der Waals surface area contributed by atoms with Crippen LogP contribution in [0.1, 0.15) is 42.4 Å². The smallest absolute Gasteiger partial charge is 0.127 e. The SMILES string of the molecule is N#CC1(c2c3c(cc4c2OCCC4)OCCC3)CC1. The minimum atomic E-state index is -0.284. The van der Waals surface area contributed by atoms with Gasteiger partial charge in [0.1, 0.15) is 11.5 Å². The molecule has 0 bridgehead atoms. The second-order valence-corrected chi connectivity index (χ2v) is 5.81. The van der Waals surface area contributed by atoms with Crippen LogP contribution in [0.25, 0.3) is 0 Å². The van der Waals surface area contributed by atoms with Gasteiger partial charge in [-0.05, 0) is 50.2 Å². The Morgan fingerprint density at radius 3 is 2.68 bits per heavy atom. The normalized spacial score (nSPS) is 22.3. The number of benzene rings is 1. The number of nitrogens with zero attached hydrogens (tertiary/aromatic N) is 1. The van der Waals surface area contributed by atoms with E-state index in [1.54, 1.807) is 0 Å². The van der Waals surface area contributed by atoms with Crippen LogP contribution in [0, 0.1) is 11.3 Å². The molecule has 4 rings (SSSR count). The van der Waals surface area contributed by atoms with E-state index in [0.717, 1.165) is 63.2 Å². The molecule has 3 heteroatoms. The summed E-state index contributed by atoms with van der Waals surface area (Å²) in [6.07, 6.45) is 6.10. The van der Waals surface area contributed by atoms with E-state index in [-0.39, 0.29) is 5.41 Å². The Morgan fingerprint density at radius 2 is 1.89 bits per heavy atom. The first-order valence-corrected chi connectivity index (χ1v) is 7.20. The van der Waals surface area contributed by atoms with Crippen LogP contribution in [0.2, 0.25) is 0 Å². The Bertz CT molecular complexity index is 547. The average molecular weight is 255 g/mol. The zero-order chi connectivity index (χ0) is 12.9. The van der Waals surface area contributed by atoms with Gasteiger partial charge in [0.15, 0.2) is 0 Å². The molecule has 0 aromatic heterocycles. The third kappa shape index (κ3) is 1.56. The summed E-state index contributed by atoms with van der Waals surface area (Å²) in [5.74, 6) is 2.02. The van der Waals surface area contributed by atoms with E-state index in [2.05, 4.69) is 12.1 Å². The van der Waals surface area contributed by atoms with E-state index in [4.69, 9.17) is 9.47 Å². The Labute approximate surface area is 113 Å². The first-order chi connectivity index (χ1) is 9.34. The number of ether oxygens (including phenoxy) is 2. The third-order valence-electron chi connectivity index (χ3n) is 4.53. The highest BCUT2D eigenvalue weighted by molar-refractivity contribution is 5.62. The number of fused-ring (bicyclic) bond motifs is 2. The Kier molecular flexibility index (Phi) is 2.29. The molecule has 0 saturated heterocycles. The fourth-order valence-corrected chi connectivity index (χ4v) is 3.38. The highest BCUT2D eigenvalue weighted by Gasteiger charge is 2.49. The van der Waals surface area contributed by atoms with Crippen LogP contribution in [0.5, 0.6) is 11.5 Å². The number of nitriles is 1. The summed E-state index contributed by atoms with van der Waals surface area (Å²) in [7, 11) is 0. The monoisotopic (exact) mass is 255 g/mol. The molecule has 2 heterocycles. The second kappa shape index (κ2) is 3.90. The van der Waals surface area contributed by atoms with Crippen LogP contribution in [-0.2, 0) is 18.3 Å². The van der Waals surface area contributed by atoms with Crippen LogP contribution in [0.15, 0.2) is 6.07 Å². The zero-order valence-electron chi connectivity index (χ0n) is 11.0. The summed E-state index contributed by atoms with van der Waals surface area (Å²) in [4.78, 5) is 0. The summed E-state index contributed by atoms with van der Waals surface area (Å²) in [5.41, 5.74) is 3.37. The highest BCUT2D eigenvalue weighted by Crippen LogP contribution is 2.55. The van der Waals surface area contributed by atoms with E-state index in [1.807, 2.05) is 0 Å². The van der Waals surface area contributed by atoms with Crippen LogP contribution < -0.4 is 9.47 Å². The maximum atomic E-state index is 9.57. The molecule has 0 unspecified atom stereocenters. The van der Waals surface area contributed by atoms with Gasteiger partial charge in [0, 0.05) is 11.1 Å². The molecule has 1 aliphatic carbocycles. The van der Waals surface area contributed by atoms with E-state index < -0.39 is 0 Å². The maximum absolute atomic E-state index is 9.57. The van der Waals surface area contributed by atoms with Gasteiger partial charge in [-0.2, -0.15) is 5.26 Å². The minimum absolute atomic E-state index is 0.284. The van der Waals surface area contributed by atoms with Gasteiger partial charge < -0.3 is 9.47 Å². The predicted molar refractivity (Wildman–Crippen MR) is 70.6 cm³/mol. The minimum Gasteiger partial charge on any atom is -0.493 e. The molecule has 2 aliphatic heterocycles. The molecule has 0 N–H and O–H groups in total. The lowest BCUT2D eigenvalue weighted by Gasteiger charge is -2.29. The summed E-state index contributed by atoms with van der Waals surface area (Å²) in [6, 6.07) is 4.69. The third-order valence-corrected chi connectivity index (χ3v) is 4.53. The number of aryl methyl sites for hydroxylation is 1. The van der Waals surface area contributed by atoms with Crippen LogP contribution in [0.3, 0.4) is 0 Å². The Hall–Kier alpha value is -1.69. The molecule has 98 valence electrons. The molecule has 0 spiro atoms. The molecule has 19 heavy (non-hydrogen) atoms. The van der Waals surface area contributed by atoms with Crippen molar-refractivity contribution in [3.05, 3.63) is 22.8 Å². The first-order valence-electron chi connectivity index (χ1n) is 7.20. The van der Waals surface area contributed by atoms with Gasteiger partial charge in [0.25, 0.3) is 0 Å². The molecule has 0 radical (unpaired) electrons. The number of hydrogen-bond donors (Lipinski definition) is 0. The van der Waals surface area contributed by atoms with Crippen molar-refractivity contribution in [2.75, 3.05) is 13.2 Å². The zero-order valence-corrected chi connectivity index (χ0v) is 11.0. The first kappa shape index (κ1) is 11.2. The van der Waals surface area contributed by atoms with Crippen molar-refractivity contribution in [1.29, 1.82) is 5.26 Å². The van der Waals surface area contributed by atoms with Crippen molar-refractivity contribution in [2.24, 2.45) is 0 Å². The van der Waals surface area contributed by atoms with Gasteiger partial charge in [0.05, 0.1) is 24.7 Å². The average Bonchev–Trinajstić information content (AvgIpc) is 3.25. The molecule has 0 atom stereocenters. The quantitative estimate of drug-likeness (QED) is 0.775. The largest absolute Gasteiger partial charge is 0.493 e. The molecule has 1 aromatic carbocycles. The van der Waals surface area contributed by atoms with E-state index in [1.165, 1.54) is 16.7 Å². The fourth-order valence-electron chi connectivity index (χ4n) is 3.38. The number of hydrogen-bond acceptors (Lipinski definition) is 3. The lowest BCUT2D eigenvalue weighted by atomic mass is 9.85. The van der Waals surface area contributed by atoms with Gasteiger partial charge in [-0.25, -0.2) is 0 Å². The van der Waals surface area contributed by atoms with Crippen molar-refractivity contribution in [2.45, 2.75) is 43.9 Å². The molecule has 3 nitrogen and oxygen atoms in total. The van der Waals surface area contributed by atoms with E-state index in [0.29, 0.717) is 0 Å². The highest BCUT2D eigenvalue weighted by atomic mass is 16.5. The van der Waals surface area contributed by atoms with E-state index in [9.17, 15) is 5.26 Å². The van der Waals surface area contributed by atoms with Gasteiger partial charge in [-0.15, -0.1) is 0 Å². The second-order valence-electron chi connectivity index (χ2n) is 5.81. The molecular formula is C16H17NO2. The number of rotatable bonds is 1. The van der Waals surface area contributed by atoms with Crippen molar-refractivity contribution in [1.82, 2.24) is 0 Å². The summed E-state index contributed by atoms with van der Waals surface area (Å²) >= 11 is 0. The molecule has 1 saturated carbocycles. The van der Waals surface area contributed by atoms with Crippen molar-refractivity contribution >= 4 is 0 Å². The Morgan fingerprint density at radius 1 is 1.11 bits per heavy atom. The molecule has 1 fully saturated rings. The lowest BCUT2D eigenvalue weighted by molar-refractivity contribution is 0.268. The lowest BCUT2D eigenvalue weighted by Crippen LogP contribution is -2.20. The van der Waals surface area contributed by atoms with Crippen molar-refractivity contribution in [3.8, 4) is 17.6 Å². The molecule has 3 aliphatic rings. The summed E-state index contributed by atoms with van der Waals surface area (Å²) < 4.78 is 11.8. The van der Waals surface area contributed by atoms with Crippen LogP contribution in [0.4, 0.5) is 0 Å². The molecular weight excluding hydrogens is 238 g/mol. The predicted octanol–water partition coefficient (Wildman–Crippen LogP) is 2.89. The van der Waals surface area contributed by atoms with Gasteiger partial charge in [-0.3, -0.25) is 0 Å². The fraction of sp³-hybridized carbons (Fsp3) is 0.562. The Balaban J connectivity index is 1.97. The maximum Gasteiger partial charge on any atom is 0.127 e. The summed E-state index contributed by atoms with van der Waals surface area (Å²) in [5, 5.41) is 9.57. The van der Waals surface area contributed by atoms with Crippen molar-refractivity contribution < 1.29 is 9.47 Å². The molecule has 0 amide bonds. The van der Waals surface area contributed by atoms with Crippen LogP contribution >= 0.6 is 0 Å². The topological polar surface area (TPSA) is 42.2 Å². The van der Waals surface area contributed by atoms with Gasteiger partial charge in [0.2, 0.25) is 0 Å². The summed E-state index contributed by atoms with van der Waals surface area (Å²) in [6.45, 7) is 1.58.